The average molecular weight is 244 g/mol. The van der Waals surface area contributed by atoms with Gasteiger partial charge in [-0.1, -0.05) is 18.2 Å². The predicted molar refractivity (Wildman–Crippen MR) is 77.2 cm³/mol. The van der Waals surface area contributed by atoms with Crippen molar-refractivity contribution >= 4 is 5.69 Å². The van der Waals surface area contributed by atoms with E-state index in [9.17, 15) is 0 Å². The van der Waals surface area contributed by atoms with Crippen molar-refractivity contribution in [3.05, 3.63) is 29.8 Å². The number of rotatable bonds is 6. The van der Waals surface area contributed by atoms with Gasteiger partial charge in [0, 0.05) is 18.3 Å². The van der Waals surface area contributed by atoms with Crippen molar-refractivity contribution in [1.82, 2.24) is 5.32 Å². The number of hydrogen-bond acceptors (Lipinski definition) is 2. The standard InChI is InChI=1S/C16H24N2/c1-17-10-4-6-15-11-14-5-2-3-7-16(14)18(15)12-13-8-9-13/h2-3,5,7,13,15,17H,4,6,8-12H2,1H3. The molecule has 18 heavy (non-hydrogen) atoms. The van der Waals surface area contributed by atoms with Gasteiger partial charge in [-0.3, -0.25) is 0 Å². The highest BCUT2D eigenvalue weighted by molar-refractivity contribution is 5.59. The minimum absolute atomic E-state index is 0.747. The molecule has 1 N–H and O–H groups in total. The first kappa shape index (κ1) is 12.0. The second-order valence-corrected chi connectivity index (χ2v) is 5.83. The van der Waals surface area contributed by atoms with E-state index in [4.69, 9.17) is 0 Å². The first-order chi connectivity index (χ1) is 8.88. The van der Waals surface area contributed by atoms with Crippen molar-refractivity contribution in [2.24, 2.45) is 5.92 Å². The van der Waals surface area contributed by atoms with Crippen LogP contribution in [0.3, 0.4) is 0 Å². The van der Waals surface area contributed by atoms with Gasteiger partial charge in [-0.2, -0.15) is 0 Å². The van der Waals surface area contributed by atoms with Crippen LogP contribution in [-0.4, -0.2) is 26.2 Å². The summed E-state index contributed by atoms with van der Waals surface area (Å²) in [5.74, 6) is 0.975. The molecule has 1 aromatic carbocycles. The van der Waals surface area contributed by atoms with Gasteiger partial charge in [-0.05, 0) is 63.2 Å². The number of hydrogen-bond donors (Lipinski definition) is 1. The van der Waals surface area contributed by atoms with Crippen LogP contribution < -0.4 is 10.2 Å². The van der Waals surface area contributed by atoms with Crippen molar-refractivity contribution in [2.45, 2.75) is 38.1 Å². The van der Waals surface area contributed by atoms with Gasteiger partial charge in [0.2, 0.25) is 0 Å². The summed E-state index contributed by atoms with van der Waals surface area (Å²) in [7, 11) is 2.05. The Balaban J connectivity index is 1.70. The number of nitrogens with one attached hydrogen (secondary N) is 1. The Morgan fingerprint density at radius 1 is 1.28 bits per heavy atom. The fourth-order valence-electron chi connectivity index (χ4n) is 3.12. The number of para-hydroxylation sites is 1. The molecule has 1 heterocycles. The van der Waals surface area contributed by atoms with Gasteiger partial charge in [0.15, 0.2) is 0 Å². The van der Waals surface area contributed by atoms with Crippen LogP contribution in [0.5, 0.6) is 0 Å². The van der Waals surface area contributed by atoms with E-state index in [0.717, 1.165) is 18.5 Å². The third kappa shape index (κ3) is 2.54. The average Bonchev–Trinajstić information content (AvgIpc) is 3.14. The van der Waals surface area contributed by atoms with E-state index in [1.54, 1.807) is 5.56 Å². The molecule has 98 valence electrons. The zero-order valence-electron chi connectivity index (χ0n) is 11.4. The molecule has 1 aromatic rings. The molecule has 0 aromatic heterocycles. The molecule has 1 aliphatic carbocycles. The quantitative estimate of drug-likeness (QED) is 0.774. The highest BCUT2D eigenvalue weighted by Gasteiger charge is 2.33. The fourth-order valence-corrected chi connectivity index (χ4v) is 3.12. The van der Waals surface area contributed by atoms with E-state index in [2.05, 4.69) is 34.5 Å². The normalized spacial score (nSPS) is 22.3. The van der Waals surface area contributed by atoms with Gasteiger partial charge >= 0.3 is 0 Å². The van der Waals surface area contributed by atoms with Crippen molar-refractivity contribution in [2.75, 3.05) is 25.0 Å². The Kier molecular flexibility index (Phi) is 3.55. The maximum absolute atomic E-state index is 3.26. The molecule has 3 rings (SSSR count). The maximum Gasteiger partial charge on any atom is 0.0402 e. The Morgan fingerprint density at radius 3 is 2.89 bits per heavy atom. The van der Waals surface area contributed by atoms with Crippen LogP contribution in [0.15, 0.2) is 24.3 Å². The van der Waals surface area contributed by atoms with Gasteiger partial charge < -0.3 is 10.2 Å². The topological polar surface area (TPSA) is 15.3 Å². The van der Waals surface area contributed by atoms with Gasteiger partial charge in [0.1, 0.15) is 0 Å². The highest BCUT2D eigenvalue weighted by atomic mass is 15.2. The van der Waals surface area contributed by atoms with Crippen LogP contribution in [0.25, 0.3) is 0 Å². The third-order valence-electron chi connectivity index (χ3n) is 4.31. The Morgan fingerprint density at radius 2 is 2.11 bits per heavy atom. The summed E-state index contributed by atoms with van der Waals surface area (Å²) in [4.78, 5) is 2.70. The van der Waals surface area contributed by atoms with Crippen LogP contribution in [-0.2, 0) is 6.42 Å². The van der Waals surface area contributed by atoms with Gasteiger partial charge in [-0.25, -0.2) is 0 Å². The monoisotopic (exact) mass is 244 g/mol. The van der Waals surface area contributed by atoms with Crippen molar-refractivity contribution < 1.29 is 0 Å². The first-order valence-corrected chi connectivity index (χ1v) is 7.37. The lowest BCUT2D eigenvalue weighted by atomic mass is 10.1. The zero-order chi connectivity index (χ0) is 12.4. The van der Waals surface area contributed by atoms with E-state index in [1.807, 2.05) is 7.05 Å². The number of fused-ring (bicyclic) bond motifs is 1. The summed E-state index contributed by atoms with van der Waals surface area (Å²) in [6.07, 6.45) is 6.76. The van der Waals surface area contributed by atoms with Crippen molar-refractivity contribution in [1.29, 1.82) is 0 Å². The molecule has 2 heteroatoms. The molecule has 1 saturated carbocycles. The molecular formula is C16H24N2. The number of benzene rings is 1. The van der Waals surface area contributed by atoms with Crippen LogP contribution in [0.4, 0.5) is 5.69 Å². The lowest BCUT2D eigenvalue weighted by Crippen LogP contribution is -2.34. The van der Waals surface area contributed by atoms with Gasteiger partial charge in [-0.15, -0.1) is 0 Å². The van der Waals surface area contributed by atoms with E-state index >= 15 is 0 Å². The summed E-state index contributed by atoms with van der Waals surface area (Å²) >= 11 is 0. The molecule has 1 fully saturated rings. The minimum atomic E-state index is 0.747. The van der Waals surface area contributed by atoms with Crippen LogP contribution >= 0.6 is 0 Å². The van der Waals surface area contributed by atoms with E-state index in [0.29, 0.717) is 0 Å². The van der Waals surface area contributed by atoms with Crippen molar-refractivity contribution in [3.63, 3.8) is 0 Å². The predicted octanol–water partition coefficient (Wildman–Crippen LogP) is 2.83. The summed E-state index contributed by atoms with van der Waals surface area (Å²) in [6, 6.07) is 9.75. The first-order valence-electron chi connectivity index (χ1n) is 7.37. The van der Waals surface area contributed by atoms with Gasteiger partial charge in [0.25, 0.3) is 0 Å². The largest absolute Gasteiger partial charge is 0.368 e. The third-order valence-corrected chi connectivity index (χ3v) is 4.31. The Hall–Kier alpha value is -1.02. The summed E-state index contributed by atoms with van der Waals surface area (Å²) in [5, 5.41) is 3.26. The molecule has 1 atom stereocenters. The molecule has 0 bridgehead atoms. The van der Waals surface area contributed by atoms with Crippen LogP contribution in [0.2, 0.25) is 0 Å². The summed E-state index contributed by atoms with van der Waals surface area (Å²) < 4.78 is 0. The summed E-state index contributed by atoms with van der Waals surface area (Å²) in [5.41, 5.74) is 3.08. The SMILES string of the molecule is CNCCCC1Cc2ccccc2N1CC1CC1. The smallest absolute Gasteiger partial charge is 0.0402 e. The lowest BCUT2D eigenvalue weighted by Gasteiger charge is -2.27. The Bertz CT molecular complexity index is 398. The fraction of sp³-hybridized carbons (Fsp3) is 0.625. The van der Waals surface area contributed by atoms with Crippen LogP contribution in [0, 0.1) is 5.92 Å². The second kappa shape index (κ2) is 5.31. The molecule has 0 amide bonds. The molecule has 0 saturated heterocycles. The van der Waals surface area contributed by atoms with E-state index < -0.39 is 0 Å². The molecule has 1 aliphatic heterocycles. The van der Waals surface area contributed by atoms with Crippen molar-refractivity contribution in [3.8, 4) is 0 Å². The van der Waals surface area contributed by atoms with E-state index in [1.165, 1.54) is 44.3 Å². The highest BCUT2D eigenvalue weighted by Crippen LogP contribution is 2.38. The molecular weight excluding hydrogens is 220 g/mol. The molecule has 0 radical (unpaired) electrons. The maximum atomic E-state index is 3.26. The minimum Gasteiger partial charge on any atom is -0.368 e. The second-order valence-electron chi connectivity index (χ2n) is 5.83. The van der Waals surface area contributed by atoms with Crippen LogP contribution in [0.1, 0.15) is 31.2 Å². The molecule has 2 nitrogen and oxygen atoms in total. The summed E-state index contributed by atoms with van der Waals surface area (Å²) in [6.45, 7) is 2.44. The van der Waals surface area contributed by atoms with Gasteiger partial charge in [0.05, 0.1) is 0 Å². The Labute approximate surface area is 110 Å². The van der Waals surface area contributed by atoms with E-state index in [-0.39, 0.29) is 0 Å². The molecule has 1 unspecified atom stereocenters. The number of nitrogens with zero attached hydrogens (tertiary/aromatic N) is 1. The number of anilines is 1. The zero-order valence-corrected chi connectivity index (χ0v) is 11.4. The lowest BCUT2D eigenvalue weighted by molar-refractivity contribution is 0.532. The molecule has 2 aliphatic rings. The molecule has 0 spiro atoms.